The van der Waals surface area contributed by atoms with E-state index >= 15 is 0 Å². The summed E-state index contributed by atoms with van der Waals surface area (Å²) in [6.07, 6.45) is 2.73. The van der Waals surface area contributed by atoms with Crippen LogP contribution in [0.3, 0.4) is 0 Å². The summed E-state index contributed by atoms with van der Waals surface area (Å²) in [5.41, 5.74) is 1.30. The fraction of sp³-hybridized carbons (Fsp3) is 0.333. The standard InChI is InChI=1S/C21H23ClN2O3/c1-27-19-9-5-4-8-18(19)24-21(26)15-12-10-14(11-13-15)20(25)23-17-7-3-2-6-16(17)22/h2-9,14-15H,10-13H2,1H3,(H,23,25)(H,24,26). The Hall–Kier alpha value is -2.53. The average Bonchev–Trinajstić information content (AvgIpc) is 2.70. The molecule has 0 spiro atoms. The SMILES string of the molecule is COc1ccccc1NC(=O)C1CCC(C(=O)Nc2ccccc2Cl)CC1. The van der Waals surface area contributed by atoms with Gasteiger partial charge in [-0.25, -0.2) is 0 Å². The molecule has 0 unspecified atom stereocenters. The van der Waals surface area contributed by atoms with Crippen molar-refractivity contribution in [2.75, 3.05) is 17.7 Å². The topological polar surface area (TPSA) is 67.4 Å². The number of methoxy groups -OCH3 is 1. The van der Waals surface area contributed by atoms with Crippen molar-refractivity contribution < 1.29 is 14.3 Å². The molecule has 27 heavy (non-hydrogen) atoms. The first-order valence-electron chi connectivity index (χ1n) is 9.07. The van der Waals surface area contributed by atoms with Crippen molar-refractivity contribution in [2.45, 2.75) is 25.7 Å². The smallest absolute Gasteiger partial charge is 0.227 e. The van der Waals surface area contributed by atoms with E-state index in [0.717, 1.165) is 0 Å². The van der Waals surface area contributed by atoms with Crippen molar-refractivity contribution >= 4 is 34.8 Å². The molecule has 3 rings (SSSR count). The third-order valence-electron chi connectivity index (χ3n) is 4.97. The molecule has 2 aromatic rings. The lowest BCUT2D eigenvalue weighted by atomic mass is 9.81. The molecule has 0 bridgehead atoms. The number of nitrogens with one attached hydrogen (secondary N) is 2. The molecule has 1 aliphatic carbocycles. The van der Waals surface area contributed by atoms with Crippen molar-refractivity contribution in [2.24, 2.45) is 11.8 Å². The maximum absolute atomic E-state index is 12.6. The van der Waals surface area contributed by atoms with Crippen LogP contribution >= 0.6 is 11.6 Å². The van der Waals surface area contributed by atoms with Gasteiger partial charge in [0.05, 0.1) is 23.5 Å². The average molecular weight is 387 g/mol. The van der Waals surface area contributed by atoms with Crippen molar-refractivity contribution in [3.05, 3.63) is 53.6 Å². The van der Waals surface area contributed by atoms with Gasteiger partial charge in [0.15, 0.2) is 0 Å². The molecule has 0 saturated heterocycles. The first kappa shape index (κ1) is 19.2. The molecule has 2 amide bonds. The Bertz CT molecular complexity index is 817. The van der Waals surface area contributed by atoms with E-state index in [9.17, 15) is 9.59 Å². The molecule has 2 aromatic carbocycles. The van der Waals surface area contributed by atoms with Gasteiger partial charge >= 0.3 is 0 Å². The number of hydrogen-bond donors (Lipinski definition) is 2. The van der Waals surface area contributed by atoms with Crippen LogP contribution in [0, 0.1) is 11.8 Å². The molecule has 2 N–H and O–H groups in total. The zero-order chi connectivity index (χ0) is 19.2. The molecule has 0 aliphatic heterocycles. The number of carbonyl (C=O) groups excluding carboxylic acids is 2. The summed E-state index contributed by atoms with van der Waals surface area (Å²) in [5.74, 6) is 0.380. The maximum Gasteiger partial charge on any atom is 0.227 e. The first-order valence-corrected chi connectivity index (χ1v) is 9.45. The number of amides is 2. The van der Waals surface area contributed by atoms with Crippen LogP contribution in [0.25, 0.3) is 0 Å². The highest BCUT2D eigenvalue weighted by Crippen LogP contribution is 2.32. The third-order valence-corrected chi connectivity index (χ3v) is 5.29. The normalized spacial score (nSPS) is 19.2. The van der Waals surface area contributed by atoms with Gasteiger partial charge in [-0.3, -0.25) is 9.59 Å². The zero-order valence-electron chi connectivity index (χ0n) is 15.2. The first-order chi connectivity index (χ1) is 13.1. The second-order valence-corrected chi connectivity index (χ2v) is 7.11. The summed E-state index contributed by atoms with van der Waals surface area (Å²) in [6.45, 7) is 0. The fourth-order valence-corrected chi connectivity index (χ4v) is 3.58. The van der Waals surface area contributed by atoms with E-state index in [-0.39, 0.29) is 23.7 Å². The minimum absolute atomic E-state index is 0.0236. The summed E-state index contributed by atoms with van der Waals surface area (Å²) in [7, 11) is 1.58. The molecular formula is C21H23ClN2O3. The number of para-hydroxylation sites is 3. The van der Waals surface area contributed by atoms with Gasteiger partial charge in [-0.15, -0.1) is 0 Å². The van der Waals surface area contributed by atoms with Gasteiger partial charge in [-0.1, -0.05) is 35.9 Å². The number of hydrogen-bond acceptors (Lipinski definition) is 3. The van der Waals surface area contributed by atoms with Crippen molar-refractivity contribution in [1.29, 1.82) is 0 Å². The van der Waals surface area contributed by atoms with Crippen molar-refractivity contribution in [1.82, 2.24) is 0 Å². The van der Waals surface area contributed by atoms with Gasteiger partial charge in [0.2, 0.25) is 11.8 Å². The van der Waals surface area contributed by atoms with Gasteiger partial charge in [0.25, 0.3) is 0 Å². The number of halogens is 1. The van der Waals surface area contributed by atoms with Crippen LogP contribution in [0.15, 0.2) is 48.5 Å². The molecular weight excluding hydrogens is 364 g/mol. The maximum atomic E-state index is 12.6. The van der Waals surface area contributed by atoms with Gasteiger partial charge in [-0.2, -0.15) is 0 Å². The Morgan fingerprint density at radius 1 is 0.852 bits per heavy atom. The zero-order valence-corrected chi connectivity index (χ0v) is 16.0. The largest absolute Gasteiger partial charge is 0.495 e. The monoisotopic (exact) mass is 386 g/mol. The Morgan fingerprint density at radius 2 is 1.33 bits per heavy atom. The molecule has 142 valence electrons. The van der Waals surface area contributed by atoms with Crippen LogP contribution in [0.5, 0.6) is 5.75 Å². The van der Waals surface area contributed by atoms with E-state index in [2.05, 4.69) is 10.6 Å². The lowest BCUT2D eigenvalue weighted by Crippen LogP contribution is -2.32. The van der Waals surface area contributed by atoms with Gasteiger partial charge in [0, 0.05) is 11.8 Å². The molecule has 5 nitrogen and oxygen atoms in total. The van der Waals surface area contributed by atoms with Crippen molar-refractivity contribution in [3.8, 4) is 5.75 Å². The summed E-state index contributed by atoms with van der Waals surface area (Å²) in [4.78, 5) is 25.0. The Morgan fingerprint density at radius 3 is 1.89 bits per heavy atom. The highest BCUT2D eigenvalue weighted by molar-refractivity contribution is 6.33. The van der Waals surface area contributed by atoms with E-state index in [4.69, 9.17) is 16.3 Å². The summed E-state index contributed by atoms with van der Waals surface area (Å²) in [6, 6.07) is 14.5. The minimum atomic E-state index is -0.100. The summed E-state index contributed by atoms with van der Waals surface area (Å²) in [5, 5.41) is 6.36. The second-order valence-electron chi connectivity index (χ2n) is 6.71. The highest BCUT2D eigenvalue weighted by atomic mass is 35.5. The van der Waals surface area contributed by atoms with Gasteiger partial charge < -0.3 is 15.4 Å². The molecule has 6 heteroatoms. The fourth-order valence-electron chi connectivity index (χ4n) is 3.40. The Kier molecular flexibility index (Phi) is 6.35. The number of anilines is 2. The predicted octanol–water partition coefficient (Wildman–Crippen LogP) is 4.73. The van der Waals surface area contributed by atoms with E-state index < -0.39 is 0 Å². The van der Waals surface area contributed by atoms with Crippen LogP contribution in [-0.4, -0.2) is 18.9 Å². The van der Waals surface area contributed by atoms with Gasteiger partial charge in [-0.05, 0) is 49.9 Å². The molecule has 0 heterocycles. The van der Waals surface area contributed by atoms with Gasteiger partial charge in [0.1, 0.15) is 5.75 Å². The lowest BCUT2D eigenvalue weighted by molar-refractivity contribution is -0.125. The van der Waals surface area contributed by atoms with Crippen LogP contribution in [0.2, 0.25) is 5.02 Å². The number of carbonyl (C=O) groups is 2. The minimum Gasteiger partial charge on any atom is -0.495 e. The van der Waals surface area contributed by atoms with Crippen LogP contribution in [0.4, 0.5) is 11.4 Å². The Labute approximate surface area is 164 Å². The highest BCUT2D eigenvalue weighted by Gasteiger charge is 2.30. The number of rotatable bonds is 5. The van der Waals surface area contributed by atoms with E-state index in [1.54, 1.807) is 19.2 Å². The predicted molar refractivity (Wildman–Crippen MR) is 107 cm³/mol. The molecule has 0 aromatic heterocycles. The van der Waals surface area contributed by atoms with Crippen molar-refractivity contribution in [3.63, 3.8) is 0 Å². The molecule has 0 atom stereocenters. The molecule has 1 saturated carbocycles. The second kappa shape index (κ2) is 8.91. The summed E-state index contributed by atoms with van der Waals surface area (Å²) < 4.78 is 5.27. The van der Waals surface area contributed by atoms with Crippen LogP contribution in [-0.2, 0) is 9.59 Å². The van der Waals surface area contributed by atoms with E-state index in [1.807, 2.05) is 36.4 Å². The quantitative estimate of drug-likeness (QED) is 0.780. The van der Waals surface area contributed by atoms with E-state index in [0.29, 0.717) is 47.8 Å². The van der Waals surface area contributed by atoms with Crippen LogP contribution < -0.4 is 15.4 Å². The molecule has 1 aliphatic rings. The molecule has 0 radical (unpaired) electrons. The van der Waals surface area contributed by atoms with E-state index in [1.165, 1.54) is 0 Å². The number of benzene rings is 2. The number of ether oxygens (including phenoxy) is 1. The molecule has 1 fully saturated rings. The lowest BCUT2D eigenvalue weighted by Gasteiger charge is -2.27. The summed E-state index contributed by atoms with van der Waals surface area (Å²) >= 11 is 6.10. The third kappa shape index (κ3) is 4.80. The Balaban J connectivity index is 1.53. The van der Waals surface area contributed by atoms with Crippen LogP contribution in [0.1, 0.15) is 25.7 Å².